The molecule has 10 heteroatoms. The summed E-state index contributed by atoms with van der Waals surface area (Å²) < 4.78 is 21.8. The van der Waals surface area contributed by atoms with Crippen molar-refractivity contribution in [1.82, 2.24) is 0 Å². The van der Waals surface area contributed by atoms with Gasteiger partial charge < -0.3 is 18.9 Å². The van der Waals surface area contributed by atoms with Gasteiger partial charge in [-0.2, -0.15) is 0 Å². The minimum Gasteiger partial charge on any atom is -0.494 e. The van der Waals surface area contributed by atoms with Crippen molar-refractivity contribution in [3.8, 4) is 5.75 Å². The Labute approximate surface area is 255 Å². The molecule has 228 valence electrons. The number of esters is 3. The summed E-state index contributed by atoms with van der Waals surface area (Å²) >= 11 is 0. The van der Waals surface area contributed by atoms with Gasteiger partial charge in [-0.1, -0.05) is 20.4 Å². The summed E-state index contributed by atoms with van der Waals surface area (Å²) in [6.07, 6.45) is 8.81. The van der Waals surface area contributed by atoms with Crippen LogP contribution in [0.1, 0.15) is 53.8 Å². The number of rotatable bonds is 12. The molecule has 0 spiro atoms. The van der Waals surface area contributed by atoms with Gasteiger partial charge in [-0.15, -0.1) is 0 Å². The van der Waals surface area contributed by atoms with Crippen molar-refractivity contribution in [3.05, 3.63) is 108 Å². The van der Waals surface area contributed by atoms with Gasteiger partial charge in [-0.25, -0.2) is 19.3 Å². The second kappa shape index (κ2) is 14.8. The van der Waals surface area contributed by atoms with E-state index in [2.05, 4.69) is 6.58 Å². The van der Waals surface area contributed by atoms with Crippen LogP contribution in [-0.2, 0) is 28.6 Å². The van der Waals surface area contributed by atoms with Crippen LogP contribution >= 0.6 is 0 Å². The van der Waals surface area contributed by atoms with E-state index >= 15 is 0 Å². The summed E-state index contributed by atoms with van der Waals surface area (Å²) in [6.45, 7) is 8.08. The Morgan fingerprint density at radius 2 is 1.30 bits per heavy atom. The summed E-state index contributed by atoms with van der Waals surface area (Å²) in [5.74, 6) is -0.910. The minimum atomic E-state index is -0.567. The molecule has 0 N–H and O–H groups in total. The zero-order valence-electron chi connectivity index (χ0n) is 24.5. The molecule has 2 aromatic carbocycles. The smallest absolute Gasteiger partial charge is 0.343 e. The van der Waals surface area contributed by atoms with Crippen LogP contribution in [0.25, 0.3) is 0 Å². The van der Waals surface area contributed by atoms with Crippen molar-refractivity contribution < 1.29 is 42.9 Å². The highest BCUT2D eigenvalue weighted by Gasteiger charge is 2.48. The third-order valence-corrected chi connectivity index (χ3v) is 6.83. The normalized spacial score (nSPS) is 17.7. The van der Waals surface area contributed by atoms with Gasteiger partial charge in [0, 0.05) is 30.1 Å². The van der Waals surface area contributed by atoms with E-state index < -0.39 is 29.7 Å². The summed E-state index contributed by atoms with van der Waals surface area (Å²) in [4.78, 5) is 61.1. The number of imide groups is 1. The molecule has 2 aliphatic carbocycles. The van der Waals surface area contributed by atoms with Crippen molar-refractivity contribution in [3.63, 3.8) is 0 Å². The largest absolute Gasteiger partial charge is 0.494 e. The van der Waals surface area contributed by atoms with Crippen molar-refractivity contribution in [2.24, 2.45) is 11.8 Å². The maximum absolute atomic E-state index is 12.7. The maximum atomic E-state index is 12.7. The quantitative estimate of drug-likeness (QED) is 0.103. The molecule has 10 nitrogen and oxygen atoms in total. The fourth-order valence-electron chi connectivity index (χ4n) is 4.50. The minimum absolute atomic E-state index is 0.0582. The fraction of sp³-hybridized carbons (Fsp3) is 0.265. The molecule has 0 bridgehead atoms. The van der Waals surface area contributed by atoms with E-state index in [9.17, 15) is 24.0 Å². The monoisotopic (exact) mass is 599 g/mol. The number of benzene rings is 2. The van der Waals surface area contributed by atoms with Crippen LogP contribution in [0, 0.1) is 11.8 Å². The topological polar surface area (TPSA) is 126 Å². The highest BCUT2D eigenvalue weighted by atomic mass is 16.5. The first-order valence-electron chi connectivity index (χ1n) is 14.4. The van der Waals surface area contributed by atoms with Crippen LogP contribution in [0.15, 0.2) is 97.0 Å². The van der Waals surface area contributed by atoms with Gasteiger partial charge in [0.25, 0.3) is 11.8 Å². The van der Waals surface area contributed by atoms with E-state index in [-0.39, 0.29) is 17.4 Å². The lowest BCUT2D eigenvalue weighted by atomic mass is 10.1. The molecule has 1 saturated carbocycles. The number of hydrogen-bond donors (Lipinski definition) is 0. The lowest BCUT2D eigenvalue weighted by Crippen LogP contribution is -2.29. The average Bonchev–Trinajstić information content (AvgIpc) is 3.79. The molecular weight excluding hydrogens is 566 g/mol. The molecule has 0 radical (unpaired) electrons. The maximum Gasteiger partial charge on any atom is 0.343 e. The van der Waals surface area contributed by atoms with Crippen molar-refractivity contribution in [2.75, 3.05) is 18.1 Å². The molecule has 2 unspecified atom stereocenters. The first-order chi connectivity index (χ1) is 21.3. The lowest BCUT2D eigenvalue weighted by molar-refractivity contribution is -0.137. The predicted molar refractivity (Wildman–Crippen MR) is 160 cm³/mol. The second-order valence-corrected chi connectivity index (χ2v) is 9.71. The Kier molecular flexibility index (Phi) is 10.6. The number of carbonyl (C=O) groups excluding carboxylic acids is 5. The van der Waals surface area contributed by atoms with Crippen molar-refractivity contribution >= 4 is 35.4 Å². The summed E-state index contributed by atoms with van der Waals surface area (Å²) in [5, 5.41) is 0. The number of allylic oxidation sites excluding steroid dienone is 4. The standard InChI is InChI=1S/C32H27NO9.C2H6/c1-2-30(36)40-18-4-3-17-39-23-11-7-21(8-12-23)32(38)42-27-14-13-26(24-19-25(24)27)41-31(37)20-5-9-22(10-6-20)33-28(34)15-16-29(33)35;1-2/h2,5-16,24-25H,1,3-4,17-19H2;1-2H3. The average molecular weight is 600 g/mol. The van der Waals surface area contributed by atoms with Crippen molar-refractivity contribution in [1.29, 1.82) is 0 Å². The zero-order chi connectivity index (χ0) is 31.6. The molecule has 2 aromatic rings. The summed E-state index contributed by atoms with van der Waals surface area (Å²) in [6, 6.07) is 12.6. The van der Waals surface area contributed by atoms with Gasteiger partial charge in [0.1, 0.15) is 17.3 Å². The molecule has 0 saturated heterocycles. The lowest BCUT2D eigenvalue weighted by Gasteiger charge is -2.16. The van der Waals surface area contributed by atoms with Gasteiger partial charge in [0.15, 0.2) is 0 Å². The van der Waals surface area contributed by atoms with Gasteiger partial charge in [0.2, 0.25) is 0 Å². The van der Waals surface area contributed by atoms with Gasteiger partial charge in [-0.3, -0.25) is 9.59 Å². The van der Waals surface area contributed by atoms with Gasteiger partial charge in [0.05, 0.1) is 30.0 Å². The van der Waals surface area contributed by atoms with Gasteiger partial charge >= 0.3 is 17.9 Å². The third-order valence-electron chi connectivity index (χ3n) is 6.83. The van der Waals surface area contributed by atoms with E-state index in [1.54, 1.807) is 36.4 Å². The SMILES string of the molecule is C=CC(=O)OCCCCOc1ccc(C(=O)OC2=CC=C(OC(=O)c3ccc(N4C(=O)C=CC4=O)cc3)C3CC23)cc1.CC. The number of hydrogen-bond acceptors (Lipinski definition) is 9. The molecule has 5 rings (SSSR count). The molecule has 0 aromatic heterocycles. The molecule has 1 aliphatic heterocycles. The predicted octanol–water partition coefficient (Wildman–Crippen LogP) is 5.46. The first-order valence-corrected chi connectivity index (χ1v) is 14.4. The van der Waals surface area contributed by atoms with Crippen LogP contribution in [-0.4, -0.2) is 42.9 Å². The molecular formula is C34H33NO9. The van der Waals surface area contributed by atoms with Crippen LogP contribution in [0.4, 0.5) is 5.69 Å². The Balaban J connectivity index is 0.00000216. The second-order valence-electron chi connectivity index (χ2n) is 9.71. The van der Waals surface area contributed by atoms with E-state index in [0.29, 0.717) is 61.0 Å². The summed E-state index contributed by atoms with van der Waals surface area (Å²) in [7, 11) is 0. The first kappa shape index (κ1) is 31.7. The number of fused-ring (bicyclic) bond motifs is 1. The summed E-state index contributed by atoms with van der Waals surface area (Å²) in [5.41, 5.74) is 1.00. The number of anilines is 1. The van der Waals surface area contributed by atoms with Gasteiger partial charge in [-0.05, 0) is 79.9 Å². The zero-order valence-corrected chi connectivity index (χ0v) is 24.5. The highest BCUT2D eigenvalue weighted by Crippen LogP contribution is 2.52. The van der Waals surface area contributed by atoms with E-state index in [4.69, 9.17) is 18.9 Å². The molecule has 3 aliphatic rings. The Bertz CT molecular complexity index is 1500. The number of nitrogens with zero attached hydrogens (tertiary/aromatic N) is 1. The highest BCUT2D eigenvalue weighted by molar-refractivity contribution is 6.28. The van der Waals surface area contributed by atoms with E-state index in [0.717, 1.165) is 11.0 Å². The Morgan fingerprint density at radius 1 is 0.795 bits per heavy atom. The third kappa shape index (κ3) is 7.77. The molecule has 1 fully saturated rings. The number of amides is 2. The van der Waals surface area contributed by atoms with E-state index in [1.165, 1.54) is 36.4 Å². The molecule has 2 atom stereocenters. The van der Waals surface area contributed by atoms with Crippen molar-refractivity contribution in [2.45, 2.75) is 33.1 Å². The molecule has 44 heavy (non-hydrogen) atoms. The number of carbonyl (C=O) groups is 5. The Morgan fingerprint density at radius 3 is 1.82 bits per heavy atom. The van der Waals surface area contributed by atoms with Crippen LogP contribution < -0.4 is 9.64 Å². The van der Waals surface area contributed by atoms with Crippen LogP contribution in [0.3, 0.4) is 0 Å². The van der Waals surface area contributed by atoms with E-state index in [1.807, 2.05) is 13.8 Å². The number of ether oxygens (including phenoxy) is 4. The molecule has 2 amide bonds. The number of unbranched alkanes of at least 4 members (excludes halogenated alkanes) is 1. The fourth-order valence-corrected chi connectivity index (χ4v) is 4.50. The Hall–Kier alpha value is -5.25. The van der Waals surface area contributed by atoms with Crippen LogP contribution in [0.5, 0.6) is 5.75 Å². The van der Waals surface area contributed by atoms with Crippen LogP contribution in [0.2, 0.25) is 0 Å². The molecule has 1 heterocycles.